The Bertz CT molecular complexity index is 595. The van der Waals surface area contributed by atoms with Gasteiger partial charge in [0.05, 0.1) is 19.2 Å². The van der Waals surface area contributed by atoms with E-state index in [0.717, 1.165) is 26.2 Å². The smallest absolute Gasteiger partial charge is 0.292 e. The molecule has 22 heavy (non-hydrogen) atoms. The molecule has 2 aliphatic heterocycles. The highest BCUT2D eigenvalue weighted by atomic mass is 35.5. The van der Waals surface area contributed by atoms with E-state index < -0.39 is 0 Å². The van der Waals surface area contributed by atoms with E-state index in [1.807, 2.05) is 0 Å². The molecule has 5 nitrogen and oxygen atoms in total. The topological polar surface area (TPSA) is 46.3 Å². The third kappa shape index (κ3) is 2.99. The lowest BCUT2D eigenvalue weighted by Gasteiger charge is -2.30. The van der Waals surface area contributed by atoms with Crippen LogP contribution in [0.1, 0.15) is 6.42 Å². The number of quaternary nitrogens is 2. The molecule has 2 saturated heterocycles. The lowest BCUT2D eigenvalue weighted by Crippen LogP contribution is -3.29. The zero-order chi connectivity index (χ0) is 15.9. The van der Waals surface area contributed by atoms with E-state index in [-0.39, 0.29) is 24.3 Å². The molecule has 7 heteroatoms. The molecule has 2 fully saturated rings. The van der Waals surface area contributed by atoms with Crippen LogP contribution in [0.15, 0.2) is 18.2 Å². The van der Waals surface area contributed by atoms with Gasteiger partial charge in [-0.15, -0.1) is 0 Å². The summed E-state index contributed by atoms with van der Waals surface area (Å²) in [6, 6.07) is 4.52. The summed E-state index contributed by atoms with van der Waals surface area (Å²) in [5.41, 5.74) is 0.467. The molecule has 0 radical (unpaired) electrons. The molecule has 0 spiro atoms. The first-order chi connectivity index (χ1) is 10.5. The van der Waals surface area contributed by atoms with Crippen molar-refractivity contribution in [3.63, 3.8) is 0 Å². The van der Waals surface area contributed by atoms with Crippen LogP contribution in [0, 0.1) is 0 Å². The molecule has 1 atom stereocenters. The number of nitrogens with one attached hydrogen (secondary N) is 2. The lowest BCUT2D eigenvalue weighted by atomic mass is 10.2. The van der Waals surface area contributed by atoms with Gasteiger partial charge in [0.1, 0.15) is 26.2 Å². The van der Waals surface area contributed by atoms with Crippen molar-refractivity contribution in [2.75, 3.05) is 38.1 Å². The summed E-state index contributed by atoms with van der Waals surface area (Å²) in [5.74, 6) is -0.315. The average molecular weight is 344 g/mol. The fourth-order valence-corrected chi connectivity index (χ4v) is 3.75. The van der Waals surface area contributed by atoms with Crippen LogP contribution in [0.3, 0.4) is 0 Å². The van der Waals surface area contributed by atoms with E-state index >= 15 is 0 Å². The van der Waals surface area contributed by atoms with Gasteiger partial charge < -0.3 is 9.80 Å². The third-order valence-corrected chi connectivity index (χ3v) is 4.93. The fourth-order valence-electron chi connectivity index (χ4n) is 3.24. The van der Waals surface area contributed by atoms with Crippen molar-refractivity contribution in [3.05, 3.63) is 28.2 Å². The van der Waals surface area contributed by atoms with Gasteiger partial charge in [-0.25, -0.2) is 4.90 Å². The molecule has 2 amide bonds. The van der Waals surface area contributed by atoms with E-state index in [1.165, 1.54) is 14.7 Å². The number of piperazine rings is 1. The van der Waals surface area contributed by atoms with Crippen LogP contribution in [-0.4, -0.2) is 51.1 Å². The normalized spacial score (nSPS) is 29.2. The van der Waals surface area contributed by atoms with Crippen molar-refractivity contribution in [2.45, 2.75) is 12.5 Å². The number of nitrogens with zero attached hydrogens (tertiary/aromatic N) is 1. The Morgan fingerprint density at radius 3 is 2.23 bits per heavy atom. The summed E-state index contributed by atoms with van der Waals surface area (Å²) >= 11 is 12.0. The van der Waals surface area contributed by atoms with Gasteiger partial charge in [0, 0.05) is 10.0 Å². The predicted molar refractivity (Wildman–Crippen MR) is 84.7 cm³/mol. The molecule has 0 aliphatic carbocycles. The predicted octanol–water partition coefficient (Wildman–Crippen LogP) is -0.961. The number of halogens is 2. The second kappa shape index (κ2) is 6.16. The Morgan fingerprint density at radius 2 is 1.64 bits per heavy atom. The number of imide groups is 1. The molecule has 0 aromatic heterocycles. The Balaban J connectivity index is 1.82. The monoisotopic (exact) mass is 343 g/mol. The molecule has 0 bridgehead atoms. The Morgan fingerprint density at radius 1 is 1.05 bits per heavy atom. The average Bonchev–Trinajstić information content (AvgIpc) is 2.74. The summed E-state index contributed by atoms with van der Waals surface area (Å²) in [6.07, 6.45) is 0.261. The zero-order valence-corrected chi connectivity index (χ0v) is 13.9. The molecule has 0 unspecified atom stereocenters. The van der Waals surface area contributed by atoms with Crippen LogP contribution >= 0.6 is 23.2 Å². The van der Waals surface area contributed by atoms with Gasteiger partial charge in [0.15, 0.2) is 6.04 Å². The minimum Gasteiger partial charge on any atom is -0.328 e. The Kier molecular flexibility index (Phi) is 4.41. The number of carbonyl (C=O) groups excluding carboxylic acids is 2. The largest absolute Gasteiger partial charge is 0.328 e. The molecule has 1 aromatic rings. The number of amides is 2. The maximum absolute atomic E-state index is 12.7. The van der Waals surface area contributed by atoms with Crippen LogP contribution in [0.5, 0.6) is 0 Å². The van der Waals surface area contributed by atoms with Gasteiger partial charge in [-0.3, -0.25) is 9.59 Å². The van der Waals surface area contributed by atoms with Crippen LogP contribution in [-0.2, 0) is 9.59 Å². The van der Waals surface area contributed by atoms with Crippen LogP contribution in [0.2, 0.25) is 10.0 Å². The van der Waals surface area contributed by atoms with Gasteiger partial charge in [0.2, 0.25) is 5.91 Å². The minimum atomic E-state index is -0.279. The van der Waals surface area contributed by atoms with E-state index in [0.29, 0.717) is 15.7 Å². The van der Waals surface area contributed by atoms with Crippen molar-refractivity contribution in [1.82, 2.24) is 0 Å². The second-order valence-electron chi connectivity index (χ2n) is 6.07. The van der Waals surface area contributed by atoms with Gasteiger partial charge >= 0.3 is 0 Å². The molecular formula is C15H19Cl2N3O2+2. The first-order valence-electron chi connectivity index (χ1n) is 7.44. The van der Waals surface area contributed by atoms with Crippen molar-refractivity contribution in [3.8, 4) is 0 Å². The summed E-state index contributed by atoms with van der Waals surface area (Å²) in [7, 11) is 2.15. The maximum atomic E-state index is 12.7. The first kappa shape index (κ1) is 15.7. The molecule has 0 saturated carbocycles. The number of anilines is 1. The Hall–Kier alpha value is -1.14. The van der Waals surface area contributed by atoms with Crippen LogP contribution in [0.4, 0.5) is 5.69 Å². The van der Waals surface area contributed by atoms with Crippen molar-refractivity contribution >= 4 is 40.7 Å². The molecule has 2 aliphatic rings. The minimum absolute atomic E-state index is 0.141. The lowest BCUT2D eigenvalue weighted by molar-refractivity contribution is -1.01. The number of hydrogen-bond acceptors (Lipinski definition) is 2. The highest BCUT2D eigenvalue weighted by Crippen LogP contribution is 2.28. The van der Waals surface area contributed by atoms with Gasteiger partial charge in [-0.05, 0) is 18.2 Å². The summed E-state index contributed by atoms with van der Waals surface area (Å²) in [6.45, 7) is 3.88. The summed E-state index contributed by atoms with van der Waals surface area (Å²) in [5, 5.41) is 0.837. The Labute approximate surface area is 139 Å². The highest BCUT2D eigenvalue weighted by molar-refractivity contribution is 6.35. The zero-order valence-electron chi connectivity index (χ0n) is 12.4. The van der Waals surface area contributed by atoms with E-state index in [9.17, 15) is 9.59 Å². The number of hydrogen-bond donors (Lipinski definition) is 2. The van der Waals surface area contributed by atoms with Gasteiger partial charge in [0.25, 0.3) is 5.91 Å². The van der Waals surface area contributed by atoms with E-state index in [2.05, 4.69) is 7.05 Å². The van der Waals surface area contributed by atoms with Crippen molar-refractivity contribution < 1.29 is 19.4 Å². The van der Waals surface area contributed by atoms with Gasteiger partial charge in [-0.2, -0.15) is 0 Å². The fraction of sp³-hybridized carbons (Fsp3) is 0.467. The van der Waals surface area contributed by atoms with Crippen molar-refractivity contribution in [1.29, 1.82) is 0 Å². The molecule has 118 valence electrons. The number of benzene rings is 1. The van der Waals surface area contributed by atoms with E-state index in [4.69, 9.17) is 23.2 Å². The second-order valence-corrected chi connectivity index (χ2v) is 6.94. The molecule has 2 heterocycles. The van der Waals surface area contributed by atoms with Crippen molar-refractivity contribution in [2.24, 2.45) is 0 Å². The van der Waals surface area contributed by atoms with Crippen LogP contribution in [0.25, 0.3) is 0 Å². The highest BCUT2D eigenvalue weighted by Gasteiger charge is 2.46. The number of carbonyl (C=O) groups is 2. The number of rotatable bonds is 2. The molecule has 3 rings (SSSR count). The molecular weight excluding hydrogens is 325 g/mol. The quantitative estimate of drug-likeness (QED) is 0.679. The summed E-state index contributed by atoms with van der Waals surface area (Å²) < 4.78 is 0. The third-order valence-electron chi connectivity index (χ3n) is 4.49. The summed E-state index contributed by atoms with van der Waals surface area (Å²) in [4.78, 5) is 29.0. The SMILES string of the molecule is C[NH+]1CC[NH+]([C@H]2CC(=O)N(c3cc(Cl)cc(Cl)c3)C2=O)CC1. The van der Waals surface area contributed by atoms with E-state index in [1.54, 1.807) is 18.2 Å². The van der Waals surface area contributed by atoms with Crippen LogP contribution < -0.4 is 14.7 Å². The molecule has 2 N–H and O–H groups in total. The maximum Gasteiger partial charge on any atom is 0.292 e. The number of likely N-dealkylation sites (N-methyl/N-ethyl adjacent to an activating group) is 1. The standard InChI is InChI=1S/C15H17Cl2N3O2/c1-18-2-4-19(5-3-18)13-9-14(21)20(15(13)22)12-7-10(16)6-11(17)8-12/h6-8,13H,2-5,9H2,1H3/p+2/t13-/m0/s1. The van der Waals surface area contributed by atoms with Gasteiger partial charge in [-0.1, -0.05) is 23.2 Å². The molecule has 1 aromatic carbocycles. The first-order valence-corrected chi connectivity index (χ1v) is 8.20.